The summed E-state index contributed by atoms with van der Waals surface area (Å²) in [5, 5.41) is 13.2. The largest absolute Gasteiger partial charge is 0.438 e. The maximum absolute atomic E-state index is 11.3. The zero-order chi connectivity index (χ0) is 17.2. The summed E-state index contributed by atoms with van der Waals surface area (Å²) in [4.78, 5) is 15.4. The molecule has 0 spiro atoms. The molecule has 0 saturated carbocycles. The summed E-state index contributed by atoms with van der Waals surface area (Å²) in [5.74, 6) is 2.07. The zero-order valence-electron chi connectivity index (χ0n) is 12.5. The molecule has 136 valence electrons. The molecule has 1 unspecified atom stereocenters. The van der Waals surface area contributed by atoms with Crippen molar-refractivity contribution < 1.29 is 18.8 Å². The first-order valence-electron chi connectivity index (χ1n) is 6.51. The molecule has 0 radical (unpaired) electrons. The molecule has 0 aliphatic heterocycles. The van der Waals surface area contributed by atoms with Crippen LogP contribution in [-0.4, -0.2) is 72.7 Å². The van der Waals surface area contributed by atoms with E-state index in [0.717, 1.165) is 16.6 Å². The minimum atomic E-state index is -1.06. The summed E-state index contributed by atoms with van der Waals surface area (Å²) < 4.78 is 16.0. The van der Waals surface area contributed by atoms with E-state index < -0.39 is 16.9 Å². The second-order valence-electron chi connectivity index (χ2n) is 3.59. The Morgan fingerprint density at radius 1 is 1.26 bits per heavy atom. The molecular formula is C11H22N2O4S6. The molecule has 0 saturated heterocycles. The number of aliphatic hydroxyl groups excluding tert-OH is 1. The second kappa shape index (κ2) is 19.1. The quantitative estimate of drug-likeness (QED) is 0.118. The topological polar surface area (TPSA) is 88.0 Å². The van der Waals surface area contributed by atoms with Crippen LogP contribution >= 0.6 is 59.7 Å². The molecule has 1 amide bonds. The van der Waals surface area contributed by atoms with E-state index in [0.29, 0.717) is 29.2 Å². The van der Waals surface area contributed by atoms with Crippen LogP contribution in [0.4, 0.5) is 4.79 Å². The van der Waals surface area contributed by atoms with E-state index in [4.69, 9.17) is 9.84 Å². The molecule has 0 rings (SSSR count). The molecule has 0 aliphatic rings. The normalized spacial score (nSPS) is 12.4. The Kier molecular flexibility index (Phi) is 19.8. The van der Waals surface area contributed by atoms with E-state index in [1.54, 1.807) is 23.5 Å². The van der Waals surface area contributed by atoms with Gasteiger partial charge in [0.1, 0.15) is 5.94 Å². The highest BCUT2D eigenvalue weighted by atomic mass is 32.2. The maximum Gasteiger partial charge on any atom is 0.407 e. The van der Waals surface area contributed by atoms with Gasteiger partial charge in [-0.15, -0.1) is 47.0 Å². The van der Waals surface area contributed by atoms with Crippen molar-refractivity contribution in [2.24, 2.45) is 4.99 Å². The number of aliphatic imine (C=N–C) groups is 1. The summed E-state index contributed by atoms with van der Waals surface area (Å²) >= 11 is 10.2. The summed E-state index contributed by atoms with van der Waals surface area (Å²) in [6.07, 6.45) is -0.411. The van der Waals surface area contributed by atoms with Gasteiger partial charge in [-0.3, -0.25) is 9.20 Å². The monoisotopic (exact) mass is 438 g/mol. The van der Waals surface area contributed by atoms with E-state index >= 15 is 0 Å². The summed E-state index contributed by atoms with van der Waals surface area (Å²) in [7, 11) is -1.06. The Bertz CT molecular complexity index is 348. The number of ether oxygens (including phenoxy) is 1. The van der Waals surface area contributed by atoms with Gasteiger partial charge in [-0.2, -0.15) is 12.6 Å². The Labute approximate surface area is 162 Å². The number of rotatable bonds is 15. The van der Waals surface area contributed by atoms with Crippen molar-refractivity contribution in [1.82, 2.24) is 5.32 Å². The number of hydrogen-bond donors (Lipinski definition) is 3. The number of carbonyl (C=O) groups excluding carboxylic acids is 1. The summed E-state index contributed by atoms with van der Waals surface area (Å²) in [6, 6.07) is 0. The first-order valence-corrected chi connectivity index (χ1v) is 13.1. The molecule has 0 heterocycles. The third-order valence-electron chi connectivity index (χ3n) is 1.90. The first kappa shape index (κ1) is 23.8. The highest BCUT2D eigenvalue weighted by Crippen LogP contribution is 2.11. The lowest BCUT2D eigenvalue weighted by molar-refractivity contribution is 0.166. The predicted molar refractivity (Wildman–Crippen MR) is 112 cm³/mol. The predicted octanol–water partition coefficient (Wildman–Crippen LogP) is 2.13. The molecule has 0 aromatic rings. The summed E-state index contributed by atoms with van der Waals surface area (Å²) in [6.45, 7) is 1.22. The number of alkyl carbamates (subject to hydrolysis) is 1. The zero-order valence-corrected chi connectivity index (χ0v) is 17.5. The van der Waals surface area contributed by atoms with Gasteiger partial charge >= 0.3 is 6.09 Å². The molecule has 0 fully saturated rings. The summed E-state index contributed by atoms with van der Waals surface area (Å²) in [5.41, 5.74) is 1.44. The van der Waals surface area contributed by atoms with Crippen LogP contribution in [0.3, 0.4) is 0 Å². The van der Waals surface area contributed by atoms with Gasteiger partial charge in [0, 0.05) is 34.8 Å². The number of aliphatic hydroxyl groups is 1. The van der Waals surface area contributed by atoms with Crippen molar-refractivity contribution in [3.05, 3.63) is 0 Å². The molecule has 6 nitrogen and oxygen atoms in total. The van der Waals surface area contributed by atoms with Gasteiger partial charge in [-0.1, -0.05) is 0 Å². The molecule has 0 aromatic carbocycles. The Hall–Kier alpha value is 0.800. The SMILES string of the molecule is O=C(NCCSCSCCN=CS(=O)CS)OCSCSCO. The van der Waals surface area contributed by atoms with E-state index in [-0.39, 0.29) is 5.94 Å². The number of amides is 1. The number of nitrogens with one attached hydrogen (secondary N) is 1. The second-order valence-corrected chi connectivity index (χ2v) is 10.4. The number of carbonyl (C=O) groups is 1. The fraction of sp³-hybridized carbons (Fsp3) is 0.818. The molecule has 12 heteroatoms. The Morgan fingerprint density at radius 2 is 2.00 bits per heavy atom. The first-order chi connectivity index (χ1) is 11.2. The number of hydrogen-bond acceptors (Lipinski definition) is 10. The van der Waals surface area contributed by atoms with Gasteiger partial charge in [-0.25, -0.2) is 4.79 Å². The van der Waals surface area contributed by atoms with E-state index in [2.05, 4.69) is 22.9 Å². The van der Waals surface area contributed by atoms with Crippen molar-refractivity contribution >= 4 is 82.1 Å². The smallest absolute Gasteiger partial charge is 0.407 e. The lowest BCUT2D eigenvalue weighted by atomic mass is 10.7. The van der Waals surface area contributed by atoms with Crippen LogP contribution in [0, 0.1) is 0 Å². The van der Waals surface area contributed by atoms with Gasteiger partial charge < -0.3 is 15.2 Å². The Morgan fingerprint density at radius 3 is 2.74 bits per heavy atom. The van der Waals surface area contributed by atoms with E-state index in [1.165, 1.54) is 29.1 Å². The van der Waals surface area contributed by atoms with Crippen LogP contribution in [0.2, 0.25) is 0 Å². The van der Waals surface area contributed by atoms with Crippen LogP contribution < -0.4 is 5.32 Å². The van der Waals surface area contributed by atoms with Crippen LogP contribution in [0.5, 0.6) is 0 Å². The third kappa shape index (κ3) is 19.0. The highest BCUT2D eigenvalue weighted by molar-refractivity contribution is 8.16. The average molecular weight is 439 g/mol. The fourth-order valence-corrected chi connectivity index (χ4v) is 4.63. The lowest BCUT2D eigenvalue weighted by Crippen LogP contribution is -2.26. The molecule has 0 bridgehead atoms. The number of nitrogens with zero attached hydrogens (tertiary/aromatic N) is 1. The minimum absolute atomic E-state index is 0.0793. The molecule has 1 atom stereocenters. The average Bonchev–Trinajstić information content (AvgIpc) is 2.56. The van der Waals surface area contributed by atoms with Crippen molar-refractivity contribution in [3.63, 3.8) is 0 Å². The van der Waals surface area contributed by atoms with Crippen LogP contribution in [0.15, 0.2) is 4.99 Å². The van der Waals surface area contributed by atoms with Crippen molar-refractivity contribution in [2.75, 3.05) is 51.7 Å². The molecule has 0 aliphatic carbocycles. The lowest BCUT2D eigenvalue weighted by Gasteiger charge is -2.06. The van der Waals surface area contributed by atoms with Crippen molar-refractivity contribution in [2.45, 2.75) is 0 Å². The van der Waals surface area contributed by atoms with Crippen molar-refractivity contribution in [1.29, 1.82) is 0 Å². The number of thiol groups is 1. The van der Waals surface area contributed by atoms with Gasteiger partial charge in [-0.05, 0) is 0 Å². The van der Waals surface area contributed by atoms with Crippen LogP contribution in [0.25, 0.3) is 0 Å². The third-order valence-corrected chi connectivity index (χ3v) is 7.40. The van der Waals surface area contributed by atoms with Gasteiger partial charge in [0.05, 0.1) is 27.4 Å². The van der Waals surface area contributed by atoms with Crippen LogP contribution in [0.1, 0.15) is 0 Å². The van der Waals surface area contributed by atoms with Crippen molar-refractivity contribution in [3.8, 4) is 0 Å². The molecule has 23 heavy (non-hydrogen) atoms. The molecule has 2 N–H and O–H groups in total. The molecular weight excluding hydrogens is 417 g/mol. The minimum Gasteiger partial charge on any atom is -0.438 e. The fourth-order valence-electron chi connectivity index (χ4n) is 0.965. The van der Waals surface area contributed by atoms with E-state index in [9.17, 15) is 9.00 Å². The maximum atomic E-state index is 11.3. The van der Waals surface area contributed by atoms with Gasteiger partial charge in [0.2, 0.25) is 0 Å². The standard InChI is InChI=1S/C11H22N2O4S6/c14-6-21-10-22-7-17-11(15)13-2-4-20-9-19-3-1-12-5-23(16)8-18/h5,14,18H,1-4,6-10H2,(H,13,15). The highest BCUT2D eigenvalue weighted by Gasteiger charge is 2.00. The molecule has 0 aromatic heterocycles. The van der Waals surface area contributed by atoms with Gasteiger partial charge in [0.25, 0.3) is 0 Å². The van der Waals surface area contributed by atoms with E-state index in [1.807, 2.05) is 0 Å². The number of thioether (sulfide) groups is 4. The van der Waals surface area contributed by atoms with Gasteiger partial charge in [0.15, 0.2) is 0 Å². The van der Waals surface area contributed by atoms with Crippen LogP contribution in [-0.2, 0) is 15.5 Å². The Balaban J connectivity index is 3.24.